The van der Waals surface area contributed by atoms with Crippen molar-refractivity contribution in [3.63, 3.8) is 0 Å². The zero-order chi connectivity index (χ0) is 21.4. The summed E-state index contributed by atoms with van der Waals surface area (Å²) in [5.74, 6) is -1.77. The highest BCUT2D eigenvalue weighted by molar-refractivity contribution is 7.90. The van der Waals surface area contributed by atoms with E-state index < -0.39 is 38.4 Å². The Kier molecular flexibility index (Phi) is 5.65. The number of sulfonamides is 1. The number of rotatable bonds is 5. The summed E-state index contributed by atoms with van der Waals surface area (Å²) in [7, 11) is -4.60. The number of pyridine rings is 1. The first kappa shape index (κ1) is 21.2. The summed E-state index contributed by atoms with van der Waals surface area (Å²) in [5, 5.41) is -0.152. The lowest BCUT2D eigenvalue weighted by atomic mass is 10.3. The maximum Gasteiger partial charge on any atom is 0.434 e. The van der Waals surface area contributed by atoms with Crippen molar-refractivity contribution in [1.82, 2.24) is 14.1 Å². The van der Waals surface area contributed by atoms with Crippen LogP contribution in [-0.4, -0.2) is 29.8 Å². The number of hydrogen-bond acceptors (Lipinski definition) is 5. The average molecular weight is 468 g/mol. The Morgan fingerprint density at radius 2 is 1.90 bits per heavy atom. The van der Waals surface area contributed by atoms with Gasteiger partial charge >= 0.3 is 6.18 Å². The lowest BCUT2D eigenvalue weighted by Crippen LogP contribution is -2.32. The number of aromatic nitrogens is 2. The van der Waals surface area contributed by atoms with Gasteiger partial charge in [0.15, 0.2) is 23.1 Å². The molecule has 0 aliphatic carbocycles. The van der Waals surface area contributed by atoms with Gasteiger partial charge in [0.2, 0.25) is 0 Å². The first-order valence-corrected chi connectivity index (χ1v) is 10.0. The van der Waals surface area contributed by atoms with Crippen molar-refractivity contribution in [3.05, 3.63) is 59.0 Å². The van der Waals surface area contributed by atoms with Gasteiger partial charge < -0.3 is 4.74 Å². The summed E-state index contributed by atoms with van der Waals surface area (Å²) in [4.78, 5) is 15.6. The lowest BCUT2D eigenvalue weighted by molar-refractivity contribution is -0.142. The van der Waals surface area contributed by atoms with Crippen LogP contribution in [0.3, 0.4) is 0 Å². The number of imidazole rings is 1. The molecule has 0 bridgehead atoms. The molecule has 0 saturated carbocycles. The van der Waals surface area contributed by atoms with Crippen LogP contribution >= 0.6 is 23.2 Å². The van der Waals surface area contributed by atoms with Crippen LogP contribution in [0.2, 0.25) is 5.02 Å². The van der Waals surface area contributed by atoms with Gasteiger partial charge in [-0.1, -0.05) is 35.3 Å². The fourth-order valence-electron chi connectivity index (χ4n) is 2.54. The first-order valence-electron chi connectivity index (χ1n) is 7.65. The monoisotopic (exact) mass is 467 g/mol. The Hall–Kier alpha value is -2.50. The van der Waals surface area contributed by atoms with Crippen molar-refractivity contribution in [2.75, 3.05) is 6.07 Å². The minimum atomic E-state index is -5.01. The summed E-state index contributed by atoms with van der Waals surface area (Å²) in [6.07, 6.45) is -4.01. The van der Waals surface area contributed by atoms with E-state index >= 15 is 0 Å². The van der Waals surface area contributed by atoms with Crippen molar-refractivity contribution in [3.8, 4) is 5.75 Å². The van der Waals surface area contributed by atoms with E-state index in [0.29, 0.717) is 4.40 Å². The maximum atomic E-state index is 13.6. The second kappa shape index (κ2) is 7.73. The van der Waals surface area contributed by atoms with Gasteiger partial charge in [-0.3, -0.25) is 9.20 Å². The highest BCUT2D eigenvalue weighted by atomic mass is 35.5. The van der Waals surface area contributed by atoms with Crippen LogP contribution in [0.5, 0.6) is 5.75 Å². The summed E-state index contributed by atoms with van der Waals surface area (Å²) in [6.45, 7) is 0. The maximum absolute atomic E-state index is 13.6. The van der Waals surface area contributed by atoms with E-state index in [4.69, 9.17) is 27.9 Å². The third-order valence-electron chi connectivity index (χ3n) is 3.66. The van der Waals surface area contributed by atoms with Crippen LogP contribution in [0.1, 0.15) is 16.2 Å². The molecule has 29 heavy (non-hydrogen) atoms. The van der Waals surface area contributed by atoms with E-state index in [1.54, 1.807) is 4.72 Å². The Labute approximate surface area is 172 Å². The summed E-state index contributed by atoms with van der Waals surface area (Å²) >= 11 is 11.3. The summed E-state index contributed by atoms with van der Waals surface area (Å²) < 4.78 is 72.9. The molecule has 0 spiro atoms. The standard InChI is InChI=1S/C16H10Cl2F3N3O4S/c17-8-28-10-5-1-2-6-11(10)29(26,27)23-15(25)12-13(16(19,20)21)24-7-3-4-9(18)14(24)22-12/h1-7H,8H2,(H,23,25). The molecule has 154 valence electrons. The Bertz CT molecular complexity index is 1200. The fourth-order valence-corrected chi connectivity index (χ4v) is 3.96. The zero-order valence-electron chi connectivity index (χ0n) is 14.1. The lowest BCUT2D eigenvalue weighted by Gasteiger charge is -2.12. The van der Waals surface area contributed by atoms with Crippen LogP contribution in [-0.2, 0) is 16.2 Å². The minimum Gasteiger partial charge on any atom is -0.476 e. The van der Waals surface area contributed by atoms with Crippen LogP contribution < -0.4 is 9.46 Å². The SMILES string of the molecule is O=C(NS(=O)(=O)c1ccccc1OCCl)c1nc2c(Cl)cccn2c1C(F)(F)F. The van der Waals surface area contributed by atoms with Gasteiger partial charge in [-0.2, -0.15) is 13.2 Å². The molecule has 13 heteroatoms. The van der Waals surface area contributed by atoms with Gasteiger partial charge in [-0.05, 0) is 24.3 Å². The number of para-hydroxylation sites is 1. The molecule has 0 radical (unpaired) electrons. The van der Waals surface area contributed by atoms with Gasteiger partial charge in [0, 0.05) is 6.20 Å². The summed E-state index contributed by atoms with van der Waals surface area (Å²) in [6, 6.07) is 7.28. The molecule has 3 aromatic rings. The molecule has 0 aliphatic rings. The molecular weight excluding hydrogens is 458 g/mol. The van der Waals surface area contributed by atoms with Gasteiger partial charge in [0.25, 0.3) is 15.9 Å². The molecule has 1 N–H and O–H groups in total. The smallest absolute Gasteiger partial charge is 0.434 e. The number of halogens is 5. The predicted molar refractivity (Wildman–Crippen MR) is 97.6 cm³/mol. The molecule has 7 nitrogen and oxygen atoms in total. The van der Waals surface area contributed by atoms with Crippen molar-refractivity contribution in [1.29, 1.82) is 0 Å². The predicted octanol–water partition coefficient (Wildman–Crippen LogP) is 3.70. The number of alkyl halides is 4. The van der Waals surface area contributed by atoms with Crippen LogP contribution in [0, 0.1) is 0 Å². The van der Waals surface area contributed by atoms with Crippen molar-refractivity contribution in [2.45, 2.75) is 11.1 Å². The van der Waals surface area contributed by atoms with Gasteiger partial charge in [-0.25, -0.2) is 18.1 Å². The number of nitrogens with zero attached hydrogens (tertiary/aromatic N) is 2. The number of hydrogen-bond donors (Lipinski definition) is 1. The zero-order valence-corrected chi connectivity index (χ0v) is 16.4. The quantitative estimate of drug-likeness (QED) is 0.577. The second-order valence-electron chi connectivity index (χ2n) is 5.49. The number of carbonyl (C=O) groups excluding carboxylic acids is 1. The number of amides is 1. The fraction of sp³-hybridized carbons (Fsp3) is 0.125. The molecule has 1 aromatic carbocycles. The Morgan fingerprint density at radius 3 is 2.55 bits per heavy atom. The average Bonchev–Trinajstić information content (AvgIpc) is 3.03. The third-order valence-corrected chi connectivity index (χ3v) is 5.44. The molecule has 2 heterocycles. The number of carbonyl (C=O) groups is 1. The van der Waals surface area contributed by atoms with Gasteiger partial charge in [-0.15, -0.1) is 0 Å². The molecule has 2 aromatic heterocycles. The number of benzene rings is 1. The molecule has 0 fully saturated rings. The molecule has 1 amide bonds. The van der Waals surface area contributed by atoms with Crippen molar-refractivity contribution >= 4 is 44.8 Å². The van der Waals surface area contributed by atoms with Crippen molar-refractivity contribution < 1.29 is 31.1 Å². The Morgan fingerprint density at radius 1 is 1.21 bits per heavy atom. The van der Waals surface area contributed by atoms with E-state index in [1.807, 2.05) is 0 Å². The van der Waals surface area contributed by atoms with E-state index in [2.05, 4.69) is 4.98 Å². The molecule has 0 unspecified atom stereocenters. The highest BCUT2D eigenvalue weighted by Gasteiger charge is 2.41. The second-order valence-corrected chi connectivity index (χ2v) is 7.77. The number of ether oxygens (including phenoxy) is 1. The topological polar surface area (TPSA) is 89.8 Å². The molecule has 0 aliphatic heterocycles. The van der Waals surface area contributed by atoms with Crippen LogP contribution in [0.4, 0.5) is 13.2 Å². The summed E-state index contributed by atoms with van der Waals surface area (Å²) in [5.41, 5.74) is -2.96. The third kappa shape index (κ3) is 4.11. The minimum absolute atomic E-state index is 0.152. The van der Waals surface area contributed by atoms with Crippen LogP contribution in [0.25, 0.3) is 5.65 Å². The number of nitrogens with one attached hydrogen (secondary N) is 1. The van der Waals surface area contributed by atoms with Crippen LogP contribution in [0.15, 0.2) is 47.5 Å². The van der Waals surface area contributed by atoms with E-state index in [9.17, 15) is 26.4 Å². The van der Waals surface area contributed by atoms with E-state index in [1.165, 1.54) is 30.3 Å². The first-order chi connectivity index (χ1) is 13.6. The molecule has 0 saturated heterocycles. The van der Waals surface area contributed by atoms with E-state index in [0.717, 1.165) is 12.3 Å². The Balaban J connectivity index is 2.08. The molecular formula is C16H10Cl2F3N3O4S. The van der Waals surface area contributed by atoms with Gasteiger partial charge in [0.05, 0.1) is 5.02 Å². The number of fused-ring (bicyclic) bond motifs is 1. The van der Waals surface area contributed by atoms with E-state index in [-0.39, 0.29) is 22.5 Å². The van der Waals surface area contributed by atoms with Crippen molar-refractivity contribution in [2.24, 2.45) is 0 Å². The van der Waals surface area contributed by atoms with Gasteiger partial charge in [0.1, 0.15) is 10.6 Å². The normalized spacial score (nSPS) is 12.2. The molecule has 3 rings (SSSR count). The largest absolute Gasteiger partial charge is 0.476 e. The highest BCUT2D eigenvalue weighted by Crippen LogP contribution is 2.34. The molecule has 0 atom stereocenters.